The van der Waals surface area contributed by atoms with Gasteiger partial charge in [0.25, 0.3) is 5.91 Å². The van der Waals surface area contributed by atoms with E-state index in [1.807, 2.05) is 35.2 Å². The number of hydrogen-bond acceptors (Lipinski definition) is 5. The predicted octanol–water partition coefficient (Wildman–Crippen LogP) is 3.50. The Balaban J connectivity index is 1.30. The molecule has 1 unspecified atom stereocenters. The zero-order valence-corrected chi connectivity index (χ0v) is 20.6. The second kappa shape index (κ2) is 10.3. The highest BCUT2D eigenvalue weighted by Crippen LogP contribution is 2.29. The molecule has 3 aromatic rings. The Bertz CT molecular complexity index is 1290. The number of sulfonamides is 1. The fourth-order valence-corrected chi connectivity index (χ4v) is 6.08. The van der Waals surface area contributed by atoms with E-state index in [1.54, 1.807) is 12.1 Å². The number of amides is 1. The van der Waals surface area contributed by atoms with Crippen molar-refractivity contribution >= 4 is 15.9 Å². The molecule has 184 valence electrons. The average molecular weight is 494 g/mol. The fourth-order valence-electron chi connectivity index (χ4n) is 5.02. The number of nitrogens with one attached hydrogen (secondary N) is 1. The van der Waals surface area contributed by atoms with Crippen LogP contribution in [0.1, 0.15) is 65.6 Å². The minimum atomic E-state index is -3.75. The van der Waals surface area contributed by atoms with Crippen LogP contribution in [0.2, 0.25) is 0 Å². The molecule has 0 radical (unpaired) electrons. The van der Waals surface area contributed by atoms with Crippen LogP contribution in [0.25, 0.3) is 0 Å². The van der Waals surface area contributed by atoms with Crippen molar-refractivity contribution in [3.8, 4) is 0 Å². The summed E-state index contributed by atoms with van der Waals surface area (Å²) in [5.41, 5.74) is 1.25. The Hall–Kier alpha value is -3.04. The Labute approximate surface area is 206 Å². The average Bonchev–Trinajstić information content (AvgIpc) is 3.16. The van der Waals surface area contributed by atoms with Crippen LogP contribution in [0, 0.1) is 0 Å². The van der Waals surface area contributed by atoms with E-state index in [-0.39, 0.29) is 23.3 Å². The molecule has 1 fully saturated rings. The van der Waals surface area contributed by atoms with Crippen LogP contribution < -0.4 is 4.72 Å². The van der Waals surface area contributed by atoms with Crippen molar-refractivity contribution in [3.05, 3.63) is 77.4 Å². The maximum atomic E-state index is 13.4. The first-order valence-electron chi connectivity index (χ1n) is 12.4. The van der Waals surface area contributed by atoms with Gasteiger partial charge >= 0.3 is 0 Å². The number of benzene rings is 2. The van der Waals surface area contributed by atoms with Crippen LogP contribution in [0.3, 0.4) is 0 Å². The second-order valence-electron chi connectivity index (χ2n) is 9.37. The highest BCUT2D eigenvalue weighted by atomic mass is 32.2. The number of aryl methyl sites for hydroxylation is 1. The lowest BCUT2D eigenvalue weighted by atomic mass is 9.96. The van der Waals surface area contributed by atoms with Gasteiger partial charge in [0.15, 0.2) is 0 Å². The summed E-state index contributed by atoms with van der Waals surface area (Å²) >= 11 is 0. The molecule has 2 aliphatic rings. The van der Waals surface area contributed by atoms with E-state index in [9.17, 15) is 13.2 Å². The van der Waals surface area contributed by atoms with Crippen LogP contribution in [0.4, 0.5) is 0 Å². The molecule has 0 aliphatic carbocycles. The quantitative estimate of drug-likeness (QED) is 0.567. The standard InChI is InChI=1S/C26H31N5O3S/c32-26(21-11-7-13-23(17-21)35(33,34)27-18-20-9-3-1-4-10-20)30-15-8-12-22(19-30)25-29-28-24-14-5-2-6-16-31(24)25/h1,3-4,7,9-11,13,17,22,27H,2,5-6,8,12,14-16,18-19H2. The molecular weight excluding hydrogens is 462 g/mol. The van der Waals surface area contributed by atoms with E-state index in [1.165, 1.54) is 18.6 Å². The van der Waals surface area contributed by atoms with E-state index < -0.39 is 10.0 Å². The van der Waals surface area contributed by atoms with Crippen LogP contribution >= 0.6 is 0 Å². The summed E-state index contributed by atoms with van der Waals surface area (Å²) in [6, 6.07) is 15.7. The van der Waals surface area contributed by atoms with Gasteiger partial charge in [-0.15, -0.1) is 10.2 Å². The van der Waals surface area contributed by atoms with E-state index in [0.29, 0.717) is 18.7 Å². The highest BCUT2D eigenvalue weighted by Gasteiger charge is 2.30. The van der Waals surface area contributed by atoms with Crippen molar-refractivity contribution in [3.63, 3.8) is 0 Å². The largest absolute Gasteiger partial charge is 0.338 e. The summed E-state index contributed by atoms with van der Waals surface area (Å²) < 4.78 is 30.6. The lowest BCUT2D eigenvalue weighted by Gasteiger charge is -2.32. The zero-order valence-electron chi connectivity index (χ0n) is 19.8. The number of carbonyl (C=O) groups excluding carboxylic acids is 1. The summed E-state index contributed by atoms with van der Waals surface area (Å²) in [7, 11) is -3.75. The lowest BCUT2D eigenvalue weighted by Crippen LogP contribution is -2.40. The summed E-state index contributed by atoms with van der Waals surface area (Å²) in [4.78, 5) is 15.3. The van der Waals surface area contributed by atoms with E-state index >= 15 is 0 Å². The van der Waals surface area contributed by atoms with Gasteiger partial charge in [0.05, 0.1) is 4.90 Å². The minimum absolute atomic E-state index is 0.0932. The molecule has 2 aliphatic heterocycles. The Morgan fingerprint density at radius 3 is 2.69 bits per heavy atom. The van der Waals surface area contributed by atoms with Gasteiger partial charge in [0, 0.05) is 44.1 Å². The first-order chi connectivity index (χ1) is 17.0. The molecule has 8 nitrogen and oxygen atoms in total. The molecule has 1 atom stereocenters. The summed E-state index contributed by atoms with van der Waals surface area (Å²) in [6.07, 6.45) is 6.30. The zero-order chi connectivity index (χ0) is 24.3. The number of likely N-dealkylation sites (tertiary alicyclic amines) is 1. The van der Waals surface area contributed by atoms with Crippen molar-refractivity contribution < 1.29 is 13.2 Å². The third kappa shape index (κ3) is 5.31. The van der Waals surface area contributed by atoms with Gasteiger partial charge in [-0.05, 0) is 49.4 Å². The number of piperidine rings is 1. The third-order valence-corrected chi connectivity index (χ3v) is 8.31. The number of fused-ring (bicyclic) bond motifs is 1. The lowest BCUT2D eigenvalue weighted by molar-refractivity contribution is 0.0703. The summed E-state index contributed by atoms with van der Waals surface area (Å²) in [6.45, 7) is 2.36. The minimum Gasteiger partial charge on any atom is -0.338 e. The van der Waals surface area contributed by atoms with Gasteiger partial charge in [-0.1, -0.05) is 42.8 Å². The fraction of sp³-hybridized carbons (Fsp3) is 0.423. The molecule has 2 aromatic carbocycles. The SMILES string of the molecule is O=C(c1cccc(S(=O)(=O)NCc2ccccc2)c1)N1CCCC(c2nnc3n2CCCCC3)C1. The van der Waals surface area contributed by atoms with Crippen molar-refractivity contribution in [2.45, 2.75) is 62.4 Å². The maximum Gasteiger partial charge on any atom is 0.253 e. The topological polar surface area (TPSA) is 97.2 Å². The maximum absolute atomic E-state index is 13.4. The van der Waals surface area contributed by atoms with Crippen molar-refractivity contribution in [1.29, 1.82) is 0 Å². The van der Waals surface area contributed by atoms with Gasteiger partial charge in [0.2, 0.25) is 10.0 Å². The van der Waals surface area contributed by atoms with Crippen molar-refractivity contribution in [1.82, 2.24) is 24.4 Å². The monoisotopic (exact) mass is 493 g/mol. The molecular formula is C26H31N5O3S. The molecule has 1 saturated heterocycles. The Morgan fingerprint density at radius 1 is 0.971 bits per heavy atom. The first-order valence-corrected chi connectivity index (χ1v) is 13.8. The summed E-state index contributed by atoms with van der Waals surface area (Å²) in [5, 5.41) is 8.94. The van der Waals surface area contributed by atoms with Gasteiger partial charge in [-0.25, -0.2) is 13.1 Å². The smallest absolute Gasteiger partial charge is 0.253 e. The van der Waals surface area contributed by atoms with E-state index in [2.05, 4.69) is 19.5 Å². The number of aromatic nitrogens is 3. The Morgan fingerprint density at radius 2 is 1.83 bits per heavy atom. The third-order valence-electron chi connectivity index (χ3n) is 6.91. The van der Waals surface area contributed by atoms with Crippen molar-refractivity contribution in [2.75, 3.05) is 13.1 Å². The van der Waals surface area contributed by atoms with Crippen LogP contribution in [-0.2, 0) is 29.5 Å². The molecule has 3 heterocycles. The molecule has 0 bridgehead atoms. The van der Waals surface area contributed by atoms with Gasteiger partial charge < -0.3 is 9.47 Å². The van der Waals surface area contributed by atoms with Crippen LogP contribution in [0.15, 0.2) is 59.5 Å². The molecule has 0 spiro atoms. The van der Waals surface area contributed by atoms with E-state index in [0.717, 1.165) is 55.9 Å². The van der Waals surface area contributed by atoms with E-state index in [4.69, 9.17) is 0 Å². The predicted molar refractivity (Wildman–Crippen MR) is 132 cm³/mol. The van der Waals surface area contributed by atoms with Gasteiger partial charge in [-0.3, -0.25) is 4.79 Å². The Kier molecular flexibility index (Phi) is 6.97. The molecule has 0 saturated carbocycles. The number of rotatable bonds is 6. The number of nitrogens with zero attached hydrogens (tertiary/aromatic N) is 4. The molecule has 1 amide bonds. The molecule has 35 heavy (non-hydrogen) atoms. The van der Waals surface area contributed by atoms with Gasteiger partial charge in [0.1, 0.15) is 11.6 Å². The normalized spacial score (nSPS) is 18.6. The van der Waals surface area contributed by atoms with Gasteiger partial charge in [-0.2, -0.15) is 0 Å². The second-order valence-corrected chi connectivity index (χ2v) is 11.1. The molecule has 1 aromatic heterocycles. The number of carbonyl (C=O) groups is 1. The molecule has 9 heteroatoms. The number of hydrogen-bond donors (Lipinski definition) is 1. The molecule has 1 N–H and O–H groups in total. The molecule has 5 rings (SSSR count). The van der Waals surface area contributed by atoms with Crippen LogP contribution in [0.5, 0.6) is 0 Å². The van der Waals surface area contributed by atoms with Crippen molar-refractivity contribution in [2.24, 2.45) is 0 Å². The summed E-state index contributed by atoms with van der Waals surface area (Å²) in [5.74, 6) is 2.04. The highest BCUT2D eigenvalue weighted by molar-refractivity contribution is 7.89. The first kappa shape index (κ1) is 23.7. The van der Waals surface area contributed by atoms with Crippen LogP contribution in [-0.4, -0.2) is 47.1 Å².